The van der Waals surface area contributed by atoms with Crippen LogP contribution in [-0.2, 0) is 0 Å². The van der Waals surface area contributed by atoms with E-state index in [4.69, 9.17) is 16.3 Å². The number of hydrogen-bond acceptors (Lipinski definition) is 3. The van der Waals surface area contributed by atoms with Gasteiger partial charge in [-0.05, 0) is 24.3 Å². The van der Waals surface area contributed by atoms with E-state index in [1.165, 1.54) is 0 Å². The molecule has 0 aliphatic heterocycles. The zero-order valence-corrected chi connectivity index (χ0v) is 10.4. The first-order chi connectivity index (χ1) is 8.86. The van der Waals surface area contributed by atoms with Gasteiger partial charge in [0, 0.05) is 6.07 Å². The Morgan fingerprint density at radius 1 is 0.889 bits per heavy atom. The minimum atomic E-state index is 0.474. The number of para-hydroxylation sites is 2. The topological polar surface area (TPSA) is 35.0 Å². The van der Waals surface area contributed by atoms with Crippen molar-refractivity contribution in [1.82, 2.24) is 9.97 Å². The van der Waals surface area contributed by atoms with Crippen LogP contribution in [0.3, 0.4) is 0 Å². The van der Waals surface area contributed by atoms with E-state index < -0.39 is 0 Å². The standard InChI is InChI=1S/C14H11ClN2O/c15-7-8-18-10-5-6-13-14(9-10)17-12-4-2-1-3-11(12)16-13/h1-6,9H,7-8H2. The van der Waals surface area contributed by atoms with E-state index in [9.17, 15) is 0 Å². The second-order valence-corrected chi connectivity index (χ2v) is 4.28. The first-order valence-electron chi connectivity index (χ1n) is 5.72. The number of nitrogens with zero attached hydrogens (tertiary/aromatic N) is 2. The molecule has 0 bridgehead atoms. The molecule has 0 atom stereocenters. The van der Waals surface area contributed by atoms with Crippen molar-refractivity contribution in [2.75, 3.05) is 12.5 Å². The van der Waals surface area contributed by atoms with Gasteiger partial charge in [-0.25, -0.2) is 9.97 Å². The van der Waals surface area contributed by atoms with Gasteiger partial charge in [-0.1, -0.05) is 12.1 Å². The molecule has 0 saturated heterocycles. The molecule has 1 aromatic heterocycles. The Morgan fingerprint density at radius 3 is 2.28 bits per heavy atom. The van der Waals surface area contributed by atoms with E-state index in [0.717, 1.165) is 27.8 Å². The van der Waals surface area contributed by atoms with Crippen molar-refractivity contribution in [3.63, 3.8) is 0 Å². The number of ether oxygens (including phenoxy) is 1. The predicted molar refractivity (Wildman–Crippen MR) is 73.3 cm³/mol. The van der Waals surface area contributed by atoms with Crippen molar-refractivity contribution in [3.8, 4) is 5.75 Å². The third kappa shape index (κ3) is 2.09. The lowest BCUT2D eigenvalue weighted by Crippen LogP contribution is -1.98. The summed E-state index contributed by atoms with van der Waals surface area (Å²) < 4.78 is 5.48. The Hall–Kier alpha value is -1.87. The van der Waals surface area contributed by atoms with Crippen LogP contribution in [0.1, 0.15) is 0 Å². The van der Waals surface area contributed by atoms with Crippen molar-refractivity contribution >= 4 is 33.7 Å². The lowest BCUT2D eigenvalue weighted by atomic mass is 10.2. The number of hydrogen-bond donors (Lipinski definition) is 0. The Labute approximate surface area is 109 Å². The second kappa shape index (κ2) is 4.78. The van der Waals surface area contributed by atoms with E-state index in [-0.39, 0.29) is 0 Å². The molecule has 0 saturated carbocycles. The molecule has 2 aromatic carbocycles. The number of aromatic nitrogens is 2. The van der Waals surface area contributed by atoms with E-state index >= 15 is 0 Å². The molecule has 3 nitrogen and oxygen atoms in total. The second-order valence-electron chi connectivity index (χ2n) is 3.90. The van der Waals surface area contributed by atoms with Crippen molar-refractivity contribution in [1.29, 1.82) is 0 Å². The van der Waals surface area contributed by atoms with Gasteiger partial charge in [-0.2, -0.15) is 0 Å². The van der Waals surface area contributed by atoms with Gasteiger partial charge in [0.15, 0.2) is 0 Å². The lowest BCUT2D eigenvalue weighted by Gasteiger charge is -2.05. The maximum Gasteiger partial charge on any atom is 0.121 e. The average Bonchev–Trinajstić information content (AvgIpc) is 2.42. The molecule has 18 heavy (non-hydrogen) atoms. The van der Waals surface area contributed by atoms with E-state index in [0.29, 0.717) is 12.5 Å². The zero-order chi connectivity index (χ0) is 12.4. The van der Waals surface area contributed by atoms with Crippen LogP contribution in [0.5, 0.6) is 5.75 Å². The van der Waals surface area contributed by atoms with E-state index in [1.807, 2.05) is 42.5 Å². The quantitative estimate of drug-likeness (QED) is 0.533. The third-order valence-corrected chi connectivity index (χ3v) is 2.81. The van der Waals surface area contributed by atoms with Crippen molar-refractivity contribution in [2.24, 2.45) is 0 Å². The summed E-state index contributed by atoms with van der Waals surface area (Å²) in [4.78, 5) is 9.13. The molecule has 0 N–H and O–H groups in total. The van der Waals surface area contributed by atoms with Gasteiger partial charge in [0.1, 0.15) is 12.4 Å². The van der Waals surface area contributed by atoms with Gasteiger partial charge in [0.25, 0.3) is 0 Å². The van der Waals surface area contributed by atoms with Gasteiger partial charge in [0.2, 0.25) is 0 Å². The average molecular weight is 259 g/mol. The maximum atomic E-state index is 5.59. The number of rotatable bonds is 3. The highest BCUT2D eigenvalue weighted by Crippen LogP contribution is 2.20. The molecule has 0 unspecified atom stereocenters. The first kappa shape index (κ1) is 11.2. The third-order valence-electron chi connectivity index (χ3n) is 2.66. The van der Waals surface area contributed by atoms with Crippen LogP contribution in [0, 0.1) is 0 Å². The molecule has 0 fully saturated rings. The minimum absolute atomic E-state index is 0.474. The molecule has 90 valence electrons. The van der Waals surface area contributed by atoms with Crippen LogP contribution in [-0.4, -0.2) is 22.5 Å². The lowest BCUT2D eigenvalue weighted by molar-refractivity contribution is 0.343. The van der Waals surface area contributed by atoms with Gasteiger partial charge >= 0.3 is 0 Å². The maximum absolute atomic E-state index is 5.59. The minimum Gasteiger partial charge on any atom is -0.492 e. The number of alkyl halides is 1. The van der Waals surface area contributed by atoms with Crippen LogP contribution < -0.4 is 4.74 Å². The van der Waals surface area contributed by atoms with Crippen LogP contribution in [0.2, 0.25) is 0 Å². The van der Waals surface area contributed by atoms with Crippen molar-refractivity contribution in [3.05, 3.63) is 42.5 Å². The normalized spacial score (nSPS) is 10.9. The molecule has 0 amide bonds. The Morgan fingerprint density at radius 2 is 1.56 bits per heavy atom. The van der Waals surface area contributed by atoms with Gasteiger partial charge < -0.3 is 4.74 Å². The number of benzene rings is 2. The highest BCUT2D eigenvalue weighted by atomic mass is 35.5. The zero-order valence-electron chi connectivity index (χ0n) is 9.64. The van der Waals surface area contributed by atoms with Crippen LogP contribution in [0.4, 0.5) is 0 Å². The fraction of sp³-hybridized carbons (Fsp3) is 0.143. The molecule has 3 rings (SSSR count). The monoisotopic (exact) mass is 258 g/mol. The summed E-state index contributed by atoms with van der Waals surface area (Å²) in [5.74, 6) is 1.24. The van der Waals surface area contributed by atoms with Gasteiger partial charge in [-0.3, -0.25) is 0 Å². The summed E-state index contributed by atoms with van der Waals surface area (Å²) in [7, 11) is 0. The molecule has 3 aromatic rings. The van der Waals surface area contributed by atoms with Gasteiger partial charge in [0.05, 0.1) is 27.9 Å². The van der Waals surface area contributed by atoms with Gasteiger partial charge in [-0.15, -0.1) is 11.6 Å². The summed E-state index contributed by atoms with van der Waals surface area (Å²) in [6.07, 6.45) is 0. The largest absolute Gasteiger partial charge is 0.492 e. The summed E-state index contributed by atoms with van der Waals surface area (Å²) >= 11 is 5.59. The molecular formula is C14H11ClN2O. The Bertz CT molecular complexity index is 700. The molecule has 1 heterocycles. The number of fused-ring (bicyclic) bond motifs is 2. The van der Waals surface area contributed by atoms with Crippen molar-refractivity contribution in [2.45, 2.75) is 0 Å². The molecule has 4 heteroatoms. The fourth-order valence-corrected chi connectivity index (χ4v) is 1.92. The summed E-state index contributed by atoms with van der Waals surface area (Å²) in [5.41, 5.74) is 3.49. The smallest absolute Gasteiger partial charge is 0.121 e. The molecule has 0 aliphatic carbocycles. The molecule has 0 radical (unpaired) electrons. The SMILES string of the molecule is ClCCOc1ccc2nc3ccccc3nc2c1. The van der Waals surface area contributed by atoms with Crippen molar-refractivity contribution < 1.29 is 4.74 Å². The summed E-state index contributed by atoms with van der Waals surface area (Å²) in [6, 6.07) is 13.5. The first-order valence-corrected chi connectivity index (χ1v) is 6.25. The van der Waals surface area contributed by atoms with Crippen LogP contribution in [0.15, 0.2) is 42.5 Å². The van der Waals surface area contributed by atoms with E-state index in [1.54, 1.807) is 0 Å². The van der Waals surface area contributed by atoms with Crippen LogP contribution >= 0.6 is 11.6 Å². The molecule has 0 aliphatic rings. The van der Waals surface area contributed by atoms with E-state index in [2.05, 4.69) is 9.97 Å². The fourth-order valence-electron chi connectivity index (χ4n) is 1.85. The molecular weight excluding hydrogens is 248 g/mol. The summed E-state index contributed by atoms with van der Waals surface area (Å²) in [5, 5.41) is 0. The Kier molecular flexibility index (Phi) is 2.99. The summed E-state index contributed by atoms with van der Waals surface area (Å²) in [6.45, 7) is 0.494. The highest BCUT2D eigenvalue weighted by molar-refractivity contribution is 6.18. The molecule has 0 spiro atoms. The Balaban J connectivity index is 2.12. The number of halogens is 1. The van der Waals surface area contributed by atoms with Crippen LogP contribution in [0.25, 0.3) is 22.1 Å². The predicted octanol–water partition coefficient (Wildman–Crippen LogP) is 3.40. The highest BCUT2D eigenvalue weighted by Gasteiger charge is 2.02.